The van der Waals surface area contributed by atoms with E-state index in [0.717, 1.165) is 31.8 Å². The average molecular weight is 350 g/mol. The molecule has 0 atom stereocenters. The molecule has 1 N–H and O–H groups in total. The summed E-state index contributed by atoms with van der Waals surface area (Å²) in [4.78, 5) is 22.2. The number of hydrogen-bond donors (Lipinski definition) is 1. The van der Waals surface area contributed by atoms with Crippen molar-refractivity contribution in [1.29, 1.82) is 0 Å². The number of aromatic amines is 1. The maximum absolute atomic E-state index is 12.4. The Morgan fingerprint density at radius 1 is 1.31 bits per heavy atom. The average Bonchev–Trinajstić information content (AvgIpc) is 3.21. The van der Waals surface area contributed by atoms with E-state index in [9.17, 15) is 4.79 Å². The van der Waals surface area contributed by atoms with E-state index in [0.29, 0.717) is 18.4 Å². The number of benzene rings is 1. The van der Waals surface area contributed by atoms with Gasteiger partial charge in [0.2, 0.25) is 5.91 Å². The van der Waals surface area contributed by atoms with Gasteiger partial charge in [-0.1, -0.05) is 32.0 Å². The molecule has 0 saturated carbocycles. The first-order valence-electron chi connectivity index (χ1n) is 9.49. The smallest absolute Gasteiger partial charge is 0.222 e. The van der Waals surface area contributed by atoms with Gasteiger partial charge in [-0.25, -0.2) is 4.98 Å². The number of nitrogens with zero attached hydrogens (tertiary/aromatic N) is 3. The van der Waals surface area contributed by atoms with Gasteiger partial charge < -0.3 is 14.5 Å². The van der Waals surface area contributed by atoms with Crippen molar-refractivity contribution in [1.82, 2.24) is 19.4 Å². The first-order valence-corrected chi connectivity index (χ1v) is 9.49. The number of imidazole rings is 1. The summed E-state index contributed by atoms with van der Waals surface area (Å²) in [5.41, 5.74) is 2.47. The molecule has 4 rings (SSSR count). The Labute approximate surface area is 154 Å². The number of rotatable bonds is 6. The van der Waals surface area contributed by atoms with Crippen molar-refractivity contribution in [3.63, 3.8) is 0 Å². The molecule has 0 unspecified atom stereocenters. The summed E-state index contributed by atoms with van der Waals surface area (Å²) in [6.45, 7) is 5.93. The molecule has 136 valence electrons. The molecule has 26 heavy (non-hydrogen) atoms. The molecular weight excluding hydrogens is 324 g/mol. The highest BCUT2D eigenvalue weighted by atomic mass is 16.2. The number of H-pyrrole nitrogens is 1. The minimum Gasteiger partial charge on any atom is -0.361 e. The van der Waals surface area contributed by atoms with Crippen molar-refractivity contribution in [2.45, 2.75) is 45.1 Å². The van der Waals surface area contributed by atoms with Crippen LogP contribution in [0.2, 0.25) is 0 Å². The molecule has 3 aromatic rings. The van der Waals surface area contributed by atoms with Crippen LogP contribution in [0.3, 0.4) is 0 Å². The molecule has 1 amide bonds. The maximum atomic E-state index is 12.4. The highest BCUT2D eigenvalue weighted by Crippen LogP contribution is 2.26. The lowest BCUT2D eigenvalue weighted by molar-refractivity contribution is -0.137. The van der Waals surface area contributed by atoms with Gasteiger partial charge in [-0.3, -0.25) is 4.79 Å². The second kappa shape index (κ2) is 6.98. The van der Waals surface area contributed by atoms with Crippen LogP contribution in [0.4, 0.5) is 0 Å². The van der Waals surface area contributed by atoms with Crippen LogP contribution in [0.25, 0.3) is 10.9 Å². The lowest BCUT2D eigenvalue weighted by atomic mass is 10.0. The fourth-order valence-corrected chi connectivity index (χ4v) is 3.84. The monoisotopic (exact) mass is 350 g/mol. The van der Waals surface area contributed by atoms with Gasteiger partial charge in [0.15, 0.2) is 0 Å². The number of fused-ring (bicyclic) bond motifs is 1. The first-order chi connectivity index (χ1) is 12.6. The van der Waals surface area contributed by atoms with Crippen LogP contribution < -0.4 is 0 Å². The number of carbonyl (C=O) groups excluding carboxylic acids is 1. The van der Waals surface area contributed by atoms with Gasteiger partial charge in [0, 0.05) is 54.9 Å². The third kappa shape index (κ3) is 3.14. The van der Waals surface area contributed by atoms with Crippen molar-refractivity contribution in [3.8, 4) is 0 Å². The summed E-state index contributed by atoms with van der Waals surface area (Å²) in [6.07, 6.45) is 8.42. The van der Waals surface area contributed by atoms with Crippen molar-refractivity contribution >= 4 is 16.8 Å². The molecule has 0 spiro atoms. The molecular formula is C21H26N4O. The SMILES string of the molecule is CC(C)c1nccn1C1CN(C(=O)CCCc2c[nH]c3ccccc23)C1. The molecule has 2 aromatic heterocycles. The highest BCUT2D eigenvalue weighted by Gasteiger charge is 2.32. The zero-order chi connectivity index (χ0) is 18.1. The van der Waals surface area contributed by atoms with E-state index in [2.05, 4.69) is 52.8 Å². The molecule has 1 aromatic carbocycles. The largest absolute Gasteiger partial charge is 0.361 e. The van der Waals surface area contributed by atoms with Gasteiger partial charge in [0.25, 0.3) is 0 Å². The molecule has 3 heterocycles. The Morgan fingerprint density at radius 2 is 2.12 bits per heavy atom. The standard InChI is InChI=1S/C21H26N4O/c1-15(2)21-22-10-11-25(21)17-13-24(14-17)20(26)9-5-6-16-12-23-19-8-4-3-7-18(16)19/h3-4,7-8,10-12,15,17,23H,5-6,9,13-14H2,1-2H3. The number of aromatic nitrogens is 3. The normalized spacial score (nSPS) is 15.0. The topological polar surface area (TPSA) is 53.9 Å². The van der Waals surface area contributed by atoms with E-state index >= 15 is 0 Å². The molecule has 5 nitrogen and oxygen atoms in total. The minimum absolute atomic E-state index is 0.271. The van der Waals surface area contributed by atoms with E-state index in [-0.39, 0.29) is 5.91 Å². The zero-order valence-electron chi connectivity index (χ0n) is 15.5. The molecule has 0 bridgehead atoms. The lowest BCUT2D eigenvalue weighted by Crippen LogP contribution is -2.50. The van der Waals surface area contributed by atoms with Gasteiger partial charge in [0.05, 0.1) is 6.04 Å². The van der Waals surface area contributed by atoms with Crippen LogP contribution in [0, 0.1) is 0 Å². The zero-order valence-corrected chi connectivity index (χ0v) is 15.5. The number of hydrogen-bond acceptors (Lipinski definition) is 2. The van der Waals surface area contributed by atoms with Crippen molar-refractivity contribution in [3.05, 3.63) is 54.2 Å². The van der Waals surface area contributed by atoms with Gasteiger partial charge in [-0.15, -0.1) is 0 Å². The molecule has 0 radical (unpaired) electrons. The molecule has 1 aliphatic heterocycles. The fourth-order valence-electron chi connectivity index (χ4n) is 3.84. The summed E-state index contributed by atoms with van der Waals surface area (Å²) in [5.74, 6) is 1.79. The second-order valence-corrected chi connectivity index (χ2v) is 7.51. The van der Waals surface area contributed by atoms with Gasteiger partial charge in [-0.2, -0.15) is 0 Å². The predicted molar refractivity (Wildman–Crippen MR) is 103 cm³/mol. The molecule has 0 aliphatic carbocycles. The predicted octanol–water partition coefficient (Wildman–Crippen LogP) is 3.89. The van der Waals surface area contributed by atoms with E-state index in [1.165, 1.54) is 16.5 Å². The number of carbonyl (C=O) groups is 1. The third-order valence-electron chi connectivity index (χ3n) is 5.34. The summed E-state index contributed by atoms with van der Waals surface area (Å²) < 4.78 is 2.24. The Morgan fingerprint density at radius 3 is 2.92 bits per heavy atom. The van der Waals surface area contributed by atoms with Crippen LogP contribution in [-0.4, -0.2) is 38.4 Å². The van der Waals surface area contributed by atoms with E-state index in [4.69, 9.17) is 0 Å². The van der Waals surface area contributed by atoms with E-state index in [1.54, 1.807) is 0 Å². The number of aryl methyl sites for hydroxylation is 1. The highest BCUT2D eigenvalue weighted by molar-refractivity contribution is 5.83. The number of para-hydroxylation sites is 1. The van der Waals surface area contributed by atoms with Crippen molar-refractivity contribution in [2.75, 3.05) is 13.1 Å². The summed E-state index contributed by atoms with van der Waals surface area (Å²) in [6, 6.07) is 8.71. The maximum Gasteiger partial charge on any atom is 0.222 e. The molecule has 1 fully saturated rings. The number of nitrogens with one attached hydrogen (secondary N) is 1. The minimum atomic E-state index is 0.271. The Hall–Kier alpha value is -2.56. The molecule has 1 saturated heterocycles. The fraction of sp³-hybridized carbons (Fsp3) is 0.429. The van der Waals surface area contributed by atoms with Crippen molar-refractivity contribution in [2.24, 2.45) is 0 Å². The van der Waals surface area contributed by atoms with E-state index < -0.39 is 0 Å². The van der Waals surface area contributed by atoms with Gasteiger partial charge >= 0.3 is 0 Å². The summed E-state index contributed by atoms with van der Waals surface area (Å²) in [7, 11) is 0. The lowest BCUT2D eigenvalue weighted by Gasteiger charge is -2.41. The van der Waals surface area contributed by atoms with Crippen LogP contribution in [-0.2, 0) is 11.2 Å². The number of amides is 1. The van der Waals surface area contributed by atoms with E-state index in [1.807, 2.05) is 23.4 Å². The second-order valence-electron chi connectivity index (χ2n) is 7.51. The van der Waals surface area contributed by atoms with Crippen LogP contribution >= 0.6 is 0 Å². The quantitative estimate of drug-likeness (QED) is 0.733. The van der Waals surface area contributed by atoms with Gasteiger partial charge in [0.1, 0.15) is 5.82 Å². The Balaban J connectivity index is 1.27. The van der Waals surface area contributed by atoms with Crippen LogP contribution in [0.5, 0.6) is 0 Å². The molecule has 5 heteroatoms. The first kappa shape index (κ1) is 16.9. The Bertz CT molecular complexity index is 902. The Kier molecular flexibility index (Phi) is 4.53. The summed E-state index contributed by atoms with van der Waals surface area (Å²) >= 11 is 0. The summed E-state index contributed by atoms with van der Waals surface area (Å²) in [5, 5.41) is 1.27. The van der Waals surface area contributed by atoms with Crippen molar-refractivity contribution < 1.29 is 4.79 Å². The number of likely N-dealkylation sites (tertiary alicyclic amines) is 1. The van der Waals surface area contributed by atoms with Crippen LogP contribution in [0.1, 0.15) is 50.0 Å². The van der Waals surface area contributed by atoms with Gasteiger partial charge in [-0.05, 0) is 24.5 Å². The molecule has 1 aliphatic rings. The third-order valence-corrected chi connectivity index (χ3v) is 5.34. The van der Waals surface area contributed by atoms with Crippen LogP contribution in [0.15, 0.2) is 42.9 Å².